The van der Waals surface area contributed by atoms with Crippen molar-refractivity contribution in [2.24, 2.45) is 5.41 Å². The number of hydrogen-bond donors (Lipinski definition) is 0. The van der Waals surface area contributed by atoms with Crippen LogP contribution >= 0.6 is 11.8 Å². The Kier molecular flexibility index (Phi) is 7.78. The lowest BCUT2D eigenvalue weighted by atomic mass is 9.94. The summed E-state index contributed by atoms with van der Waals surface area (Å²) in [5.74, 6) is -1.57. The number of thioether (sulfide) groups is 1. The van der Waals surface area contributed by atoms with Crippen LogP contribution in [0.15, 0.2) is 0 Å². The van der Waals surface area contributed by atoms with Crippen LogP contribution in [-0.4, -0.2) is 42.3 Å². The van der Waals surface area contributed by atoms with Gasteiger partial charge in [0.1, 0.15) is 0 Å². The summed E-state index contributed by atoms with van der Waals surface area (Å²) in [6, 6.07) is 0. The molecule has 6 nitrogen and oxygen atoms in total. The van der Waals surface area contributed by atoms with Crippen LogP contribution in [0.2, 0.25) is 0 Å². The van der Waals surface area contributed by atoms with E-state index in [0.29, 0.717) is 6.42 Å². The minimum absolute atomic E-state index is 0.142. The van der Waals surface area contributed by atoms with Crippen LogP contribution in [-0.2, 0) is 23.8 Å². The van der Waals surface area contributed by atoms with E-state index in [2.05, 4.69) is 14.2 Å². The molecular formula is C14H24O6S. The largest absolute Gasteiger partial charge is 0.516 e. The van der Waals surface area contributed by atoms with Gasteiger partial charge in [0.2, 0.25) is 0 Å². The summed E-state index contributed by atoms with van der Waals surface area (Å²) in [6.07, 6.45) is -0.491. The van der Waals surface area contributed by atoms with E-state index >= 15 is 0 Å². The van der Waals surface area contributed by atoms with E-state index in [1.165, 1.54) is 25.8 Å². The molecule has 0 radical (unpaired) electrons. The molecule has 0 spiro atoms. The van der Waals surface area contributed by atoms with Crippen molar-refractivity contribution in [2.45, 2.75) is 45.8 Å². The molecule has 21 heavy (non-hydrogen) atoms. The summed E-state index contributed by atoms with van der Waals surface area (Å²) in [7, 11) is 1.19. The van der Waals surface area contributed by atoms with Crippen molar-refractivity contribution in [1.29, 1.82) is 0 Å². The van der Waals surface area contributed by atoms with Crippen molar-refractivity contribution >= 4 is 29.9 Å². The second-order valence-electron chi connectivity index (χ2n) is 5.71. The molecule has 0 fully saturated rings. The molecule has 0 aromatic carbocycles. The molecule has 0 aromatic heterocycles. The molecule has 0 saturated heterocycles. The maximum atomic E-state index is 12.1. The predicted octanol–water partition coefficient (Wildman–Crippen LogP) is 2.79. The van der Waals surface area contributed by atoms with Gasteiger partial charge in [-0.2, -0.15) is 11.8 Å². The van der Waals surface area contributed by atoms with Crippen LogP contribution in [0.5, 0.6) is 0 Å². The van der Waals surface area contributed by atoms with Crippen LogP contribution in [0.3, 0.4) is 0 Å². The van der Waals surface area contributed by atoms with E-state index in [0.717, 1.165) is 0 Å². The molecule has 1 unspecified atom stereocenters. The van der Waals surface area contributed by atoms with Crippen molar-refractivity contribution in [3.63, 3.8) is 0 Å². The molecule has 0 amide bonds. The number of esters is 2. The van der Waals surface area contributed by atoms with E-state index in [4.69, 9.17) is 0 Å². The fourth-order valence-electron chi connectivity index (χ4n) is 1.19. The first-order chi connectivity index (χ1) is 9.56. The zero-order chi connectivity index (χ0) is 16.7. The normalized spacial score (nSPS) is 14.0. The van der Waals surface area contributed by atoms with E-state index < -0.39 is 23.5 Å². The average Bonchev–Trinajstić information content (AvgIpc) is 2.40. The molecule has 0 saturated carbocycles. The van der Waals surface area contributed by atoms with Gasteiger partial charge in [-0.25, -0.2) is 4.79 Å². The summed E-state index contributed by atoms with van der Waals surface area (Å²) in [5, 5.41) is 0. The number of rotatable bonds is 6. The molecule has 0 aliphatic carbocycles. The highest BCUT2D eigenvalue weighted by atomic mass is 32.2. The Labute approximate surface area is 129 Å². The van der Waals surface area contributed by atoms with Gasteiger partial charge in [0.15, 0.2) is 5.41 Å². The first kappa shape index (κ1) is 19.8. The smallest absolute Gasteiger partial charge is 0.468 e. The summed E-state index contributed by atoms with van der Waals surface area (Å²) in [5.41, 5.74) is -1.56. The topological polar surface area (TPSA) is 78.9 Å². The summed E-state index contributed by atoms with van der Waals surface area (Å²) < 4.78 is 13.8. The Morgan fingerprint density at radius 3 is 2.05 bits per heavy atom. The van der Waals surface area contributed by atoms with Crippen molar-refractivity contribution in [1.82, 2.24) is 0 Å². The van der Waals surface area contributed by atoms with Crippen molar-refractivity contribution in [3.05, 3.63) is 0 Å². The number of methoxy groups -OCH3 is 1. The lowest BCUT2D eigenvalue weighted by Gasteiger charge is -2.27. The van der Waals surface area contributed by atoms with Gasteiger partial charge in [0, 0.05) is 10.5 Å². The van der Waals surface area contributed by atoms with Gasteiger partial charge >= 0.3 is 18.1 Å². The minimum Gasteiger partial charge on any atom is -0.468 e. The Morgan fingerprint density at radius 1 is 1.05 bits per heavy atom. The monoisotopic (exact) mass is 320 g/mol. The maximum Gasteiger partial charge on any atom is 0.516 e. The SMILES string of the molecule is CCCOC(=O)OC(=O)C(C)(CSC(C)(C)C)C(=O)OC. The molecule has 0 bridgehead atoms. The van der Waals surface area contributed by atoms with Gasteiger partial charge in [0.25, 0.3) is 0 Å². The van der Waals surface area contributed by atoms with E-state index in [1.54, 1.807) is 0 Å². The minimum atomic E-state index is -1.56. The summed E-state index contributed by atoms with van der Waals surface area (Å²) in [6.45, 7) is 9.22. The highest BCUT2D eigenvalue weighted by molar-refractivity contribution is 8.00. The fourth-order valence-corrected chi connectivity index (χ4v) is 2.15. The summed E-state index contributed by atoms with van der Waals surface area (Å²) >= 11 is 1.40. The third-order valence-corrected chi connectivity index (χ3v) is 4.07. The maximum absolute atomic E-state index is 12.1. The highest BCUT2D eigenvalue weighted by Crippen LogP contribution is 2.33. The Hall–Kier alpha value is -1.24. The lowest BCUT2D eigenvalue weighted by molar-refractivity contribution is -0.164. The zero-order valence-electron chi connectivity index (χ0n) is 13.5. The molecular weight excluding hydrogens is 296 g/mol. The average molecular weight is 320 g/mol. The van der Waals surface area contributed by atoms with Gasteiger partial charge in [-0.1, -0.05) is 27.7 Å². The second kappa shape index (κ2) is 8.26. The van der Waals surface area contributed by atoms with Crippen LogP contribution in [0, 0.1) is 5.41 Å². The third-order valence-electron chi connectivity index (χ3n) is 2.48. The van der Waals surface area contributed by atoms with Crippen molar-refractivity contribution < 1.29 is 28.6 Å². The van der Waals surface area contributed by atoms with Crippen molar-refractivity contribution in [2.75, 3.05) is 19.5 Å². The summed E-state index contributed by atoms with van der Waals surface area (Å²) in [4.78, 5) is 35.4. The molecule has 0 N–H and O–H groups in total. The fraction of sp³-hybridized carbons (Fsp3) is 0.786. The van der Waals surface area contributed by atoms with Gasteiger partial charge in [0.05, 0.1) is 13.7 Å². The molecule has 0 rings (SSSR count). The molecule has 1 atom stereocenters. The standard InChI is InChI=1S/C14H24O6S/c1-7-8-19-12(17)20-11(16)14(5,10(15)18-6)9-21-13(2,3)4/h7-9H2,1-6H3. The number of carbonyl (C=O) groups excluding carboxylic acids is 3. The van der Waals surface area contributed by atoms with Crippen LogP contribution in [0.25, 0.3) is 0 Å². The van der Waals surface area contributed by atoms with Crippen molar-refractivity contribution in [3.8, 4) is 0 Å². The van der Waals surface area contributed by atoms with E-state index in [-0.39, 0.29) is 17.1 Å². The van der Waals surface area contributed by atoms with Gasteiger partial charge in [-0.05, 0) is 13.3 Å². The molecule has 0 aliphatic rings. The van der Waals surface area contributed by atoms with Gasteiger partial charge in [-0.3, -0.25) is 9.59 Å². The molecule has 7 heteroatoms. The third kappa shape index (κ3) is 6.84. The van der Waals surface area contributed by atoms with Crippen LogP contribution in [0.4, 0.5) is 4.79 Å². The van der Waals surface area contributed by atoms with E-state index in [1.807, 2.05) is 27.7 Å². The number of carbonyl (C=O) groups is 3. The highest BCUT2D eigenvalue weighted by Gasteiger charge is 2.46. The Morgan fingerprint density at radius 2 is 1.62 bits per heavy atom. The lowest BCUT2D eigenvalue weighted by Crippen LogP contribution is -2.43. The first-order valence-corrected chi connectivity index (χ1v) is 7.66. The van der Waals surface area contributed by atoms with E-state index in [9.17, 15) is 14.4 Å². The van der Waals surface area contributed by atoms with Crippen LogP contribution < -0.4 is 0 Å². The Balaban J connectivity index is 4.92. The quantitative estimate of drug-likeness (QED) is 0.550. The van der Waals surface area contributed by atoms with Gasteiger partial charge in [-0.15, -0.1) is 0 Å². The molecule has 0 aliphatic heterocycles. The number of hydrogen-bond acceptors (Lipinski definition) is 7. The predicted molar refractivity (Wildman–Crippen MR) is 80.1 cm³/mol. The zero-order valence-corrected chi connectivity index (χ0v) is 14.3. The molecule has 0 aromatic rings. The molecule has 122 valence electrons. The van der Waals surface area contributed by atoms with Crippen LogP contribution in [0.1, 0.15) is 41.0 Å². The van der Waals surface area contributed by atoms with Gasteiger partial charge < -0.3 is 14.2 Å². The Bertz CT molecular complexity index is 387. The second-order valence-corrected chi connectivity index (χ2v) is 7.51. The number of ether oxygens (including phenoxy) is 3. The first-order valence-electron chi connectivity index (χ1n) is 6.68. The molecule has 0 heterocycles.